The van der Waals surface area contributed by atoms with Crippen LogP contribution in [0.3, 0.4) is 0 Å². The van der Waals surface area contributed by atoms with E-state index >= 15 is 0 Å². The summed E-state index contributed by atoms with van der Waals surface area (Å²) in [5.74, 6) is -1.57. The van der Waals surface area contributed by atoms with Gasteiger partial charge >= 0.3 is 5.97 Å². The van der Waals surface area contributed by atoms with E-state index in [1.54, 1.807) is 17.5 Å². The minimum Gasteiger partial charge on any atom is -0.478 e. The number of nitrogens with one attached hydrogen (secondary N) is 1. The van der Waals surface area contributed by atoms with E-state index in [1.807, 2.05) is 12.1 Å². The Balaban J connectivity index is 1.94. The molecule has 0 aliphatic carbocycles. The maximum absolute atomic E-state index is 12.3. The second-order valence-electron chi connectivity index (χ2n) is 5.09. The largest absolute Gasteiger partial charge is 0.478 e. The number of carboxylic acids is 1. The van der Waals surface area contributed by atoms with Crippen LogP contribution in [0.5, 0.6) is 0 Å². The van der Waals surface area contributed by atoms with Gasteiger partial charge in [0, 0.05) is 32.3 Å². The van der Waals surface area contributed by atoms with Crippen LogP contribution < -0.4 is 10.0 Å². The molecule has 0 saturated heterocycles. The number of carbonyl (C=O) groups excluding carboxylic acids is 1. The molecule has 126 valence electrons. The summed E-state index contributed by atoms with van der Waals surface area (Å²) in [6.45, 7) is 0. The lowest BCUT2D eigenvalue weighted by molar-refractivity contribution is -0.904. The normalized spacial score (nSPS) is 10.4. The molecule has 0 saturated carbocycles. The minimum atomic E-state index is -1.12. The highest BCUT2D eigenvalue weighted by atomic mass is 79.9. The van der Waals surface area contributed by atoms with Crippen LogP contribution in [0.4, 0.5) is 5.00 Å². The minimum absolute atomic E-state index is 0.0498. The van der Waals surface area contributed by atoms with Crippen molar-refractivity contribution in [1.82, 2.24) is 0 Å². The SMILES string of the molecule is O=C(Nc1scc(-c2ccc(Br)cc2)c1C(=O)O)c1cc[n+](O)cc1. The van der Waals surface area contributed by atoms with Crippen molar-refractivity contribution in [3.8, 4) is 11.1 Å². The van der Waals surface area contributed by atoms with E-state index in [0.717, 1.165) is 26.1 Å². The summed E-state index contributed by atoms with van der Waals surface area (Å²) < 4.78 is 1.71. The first kappa shape index (κ1) is 17.1. The molecular formula is C17H12BrN2O4S+. The lowest BCUT2D eigenvalue weighted by Crippen LogP contribution is -2.28. The molecular weight excluding hydrogens is 408 g/mol. The summed E-state index contributed by atoms with van der Waals surface area (Å²) in [6.07, 6.45) is 2.63. The van der Waals surface area contributed by atoms with Crippen molar-refractivity contribution in [2.24, 2.45) is 0 Å². The van der Waals surface area contributed by atoms with Crippen molar-refractivity contribution in [2.75, 3.05) is 5.32 Å². The maximum atomic E-state index is 12.3. The van der Waals surface area contributed by atoms with Gasteiger partial charge in [-0.2, -0.15) is 0 Å². The standard InChI is InChI=1S/C17H11BrN2O4S/c18-12-3-1-10(2-4-12)13-9-25-16(14(13)17(22)23)19-15(21)11-5-7-20(24)8-6-11/h1-9H,(H2-,19,21,22,23,24)/p+1. The molecule has 1 aromatic carbocycles. The van der Waals surface area contributed by atoms with E-state index in [4.69, 9.17) is 0 Å². The van der Waals surface area contributed by atoms with Gasteiger partial charge in [0.1, 0.15) is 10.6 Å². The molecule has 0 radical (unpaired) electrons. The van der Waals surface area contributed by atoms with Crippen molar-refractivity contribution in [1.29, 1.82) is 0 Å². The molecule has 3 rings (SSSR count). The molecule has 1 amide bonds. The van der Waals surface area contributed by atoms with Crippen LogP contribution in [0.15, 0.2) is 58.6 Å². The average molecular weight is 420 g/mol. The molecule has 3 aromatic rings. The predicted molar refractivity (Wildman–Crippen MR) is 96.2 cm³/mol. The molecule has 25 heavy (non-hydrogen) atoms. The summed E-state index contributed by atoms with van der Waals surface area (Å²) in [5, 5.41) is 23.4. The fourth-order valence-corrected chi connectivity index (χ4v) is 3.47. The van der Waals surface area contributed by atoms with E-state index in [2.05, 4.69) is 21.2 Å². The van der Waals surface area contributed by atoms with Crippen molar-refractivity contribution >= 4 is 44.1 Å². The Morgan fingerprint density at radius 3 is 2.32 bits per heavy atom. The molecule has 0 spiro atoms. The zero-order chi connectivity index (χ0) is 18.0. The van der Waals surface area contributed by atoms with Crippen molar-refractivity contribution in [2.45, 2.75) is 0 Å². The molecule has 2 heterocycles. The lowest BCUT2D eigenvalue weighted by Gasteiger charge is -2.06. The van der Waals surface area contributed by atoms with Gasteiger partial charge in [0.05, 0.1) is 5.56 Å². The van der Waals surface area contributed by atoms with Crippen LogP contribution in [-0.2, 0) is 0 Å². The Morgan fingerprint density at radius 1 is 1.08 bits per heavy atom. The third-order valence-electron chi connectivity index (χ3n) is 3.46. The number of amides is 1. The number of aromatic carboxylic acids is 1. The van der Waals surface area contributed by atoms with Crippen LogP contribution >= 0.6 is 27.3 Å². The number of benzene rings is 1. The zero-order valence-electron chi connectivity index (χ0n) is 12.6. The van der Waals surface area contributed by atoms with Gasteiger partial charge in [0.25, 0.3) is 5.91 Å². The number of carbonyl (C=O) groups is 2. The Labute approximate surface area is 155 Å². The van der Waals surface area contributed by atoms with Gasteiger partial charge in [-0.1, -0.05) is 28.1 Å². The number of carboxylic acid groups (broad SMARTS) is 1. The predicted octanol–water partition coefficient (Wildman–Crippen LogP) is 3.65. The number of aromatic nitrogens is 1. The highest BCUT2D eigenvalue weighted by Crippen LogP contribution is 2.36. The summed E-state index contributed by atoms with van der Waals surface area (Å²) in [6, 6.07) is 10.1. The fourth-order valence-electron chi connectivity index (χ4n) is 2.25. The first-order chi connectivity index (χ1) is 12.0. The third-order valence-corrected chi connectivity index (χ3v) is 4.89. The number of hydrogen-bond acceptors (Lipinski definition) is 4. The van der Waals surface area contributed by atoms with Gasteiger partial charge in [-0.05, 0) is 17.7 Å². The second kappa shape index (κ2) is 7.04. The second-order valence-corrected chi connectivity index (χ2v) is 6.88. The maximum Gasteiger partial charge on any atom is 0.339 e. The van der Waals surface area contributed by atoms with Gasteiger partial charge in [0.2, 0.25) is 12.4 Å². The first-order valence-electron chi connectivity index (χ1n) is 7.08. The van der Waals surface area contributed by atoms with Gasteiger partial charge in [-0.3, -0.25) is 10.0 Å². The van der Waals surface area contributed by atoms with Crippen LogP contribution in [0.2, 0.25) is 0 Å². The molecule has 0 fully saturated rings. The number of rotatable bonds is 4. The van der Waals surface area contributed by atoms with Gasteiger partial charge < -0.3 is 10.4 Å². The van der Waals surface area contributed by atoms with E-state index in [1.165, 1.54) is 24.5 Å². The smallest absolute Gasteiger partial charge is 0.339 e. The molecule has 0 aliphatic heterocycles. The van der Waals surface area contributed by atoms with Crippen molar-refractivity contribution in [3.63, 3.8) is 0 Å². The summed E-state index contributed by atoms with van der Waals surface area (Å²) >= 11 is 4.49. The Hall–Kier alpha value is -2.71. The molecule has 0 atom stereocenters. The molecule has 0 aliphatic rings. The van der Waals surface area contributed by atoms with E-state index < -0.39 is 11.9 Å². The van der Waals surface area contributed by atoms with Crippen LogP contribution in [0.1, 0.15) is 20.7 Å². The number of hydrogen-bond donors (Lipinski definition) is 3. The molecule has 3 N–H and O–H groups in total. The highest BCUT2D eigenvalue weighted by Gasteiger charge is 2.21. The number of nitrogens with zero attached hydrogens (tertiary/aromatic N) is 1. The Morgan fingerprint density at radius 2 is 1.72 bits per heavy atom. The number of pyridine rings is 1. The molecule has 6 nitrogen and oxygen atoms in total. The third kappa shape index (κ3) is 3.70. The van der Waals surface area contributed by atoms with Crippen LogP contribution in [-0.4, -0.2) is 22.2 Å². The van der Waals surface area contributed by atoms with Gasteiger partial charge in [-0.25, -0.2) is 4.79 Å². The van der Waals surface area contributed by atoms with Gasteiger partial charge in [0.15, 0.2) is 0 Å². The summed E-state index contributed by atoms with van der Waals surface area (Å²) in [4.78, 5) is 24.0. The molecule has 0 bridgehead atoms. The molecule has 8 heteroatoms. The van der Waals surface area contributed by atoms with E-state index in [-0.39, 0.29) is 10.6 Å². The number of anilines is 1. The number of halogens is 1. The zero-order valence-corrected chi connectivity index (χ0v) is 15.0. The summed E-state index contributed by atoms with van der Waals surface area (Å²) in [5.41, 5.74) is 1.65. The first-order valence-corrected chi connectivity index (χ1v) is 8.75. The topological polar surface area (TPSA) is 90.5 Å². The van der Waals surface area contributed by atoms with E-state index in [0.29, 0.717) is 11.1 Å². The average Bonchev–Trinajstić information content (AvgIpc) is 3.00. The Kier molecular flexibility index (Phi) is 4.82. The van der Waals surface area contributed by atoms with E-state index in [9.17, 15) is 19.9 Å². The summed E-state index contributed by atoms with van der Waals surface area (Å²) in [7, 11) is 0. The van der Waals surface area contributed by atoms with Crippen LogP contribution in [0, 0.1) is 0 Å². The lowest BCUT2D eigenvalue weighted by atomic mass is 10.0. The van der Waals surface area contributed by atoms with Crippen LogP contribution in [0.25, 0.3) is 11.1 Å². The Bertz CT molecular complexity index is 936. The van der Waals surface area contributed by atoms with Crippen molar-refractivity contribution < 1.29 is 24.6 Å². The molecule has 0 unspecified atom stereocenters. The molecule has 2 aromatic heterocycles. The van der Waals surface area contributed by atoms with Crippen molar-refractivity contribution in [3.05, 3.63) is 69.8 Å². The fraction of sp³-hybridized carbons (Fsp3) is 0. The quantitative estimate of drug-likeness (QED) is 0.444. The monoisotopic (exact) mass is 419 g/mol. The highest BCUT2D eigenvalue weighted by molar-refractivity contribution is 9.10. The number of thiophene rings is 1. The van der Waals surface area contributed by atoms with Gasteiger partial charge in [-0.15, -0.1) is 11.3 Å².